The molecule has 0 fully saturated rings. The predicted octanol–water partition coefficient (Wildman–Crippen LogP) is 3.22. The molecule has 0 aliphatic rings. The number of rotatable bonds is 3. The lowest BCUT2D eigenvalue weighted by atomic mass is 10.1. The van der Waals surface area contributed by atoms with E-state index in [0.717, 1.165) is 0 Å². The van der Waals surface area contributed by atoms with Crippen LogP contribution >= 0.6 is 23.2 Å². The van der Waals surface area contributed by atoms with Crippen molar-refractivity contribution in [3.05, 3.63) is 28.0 Å². The number of hydrogen-bond donors (Lipinski definition) is 0. The van der Waals surface area contributed by atoms with Gasteiger partial charge in [0.25, 0.3) is 6.43 Å². The number of alkyl halides is 3. The molecule has 1 aromatic heterocycles. The molecule has 0 radical (unpaired) electrons. The normalized spacial score (nSPS) is 10.6. The number of halogens is 4. The van der Waals surface area contributed by atoms with Crippen molar-refractivity contribution < 1.29 is 13.6 Å². The Bertz CT molecular complexity index is 357. The molecule has 0 aliphatic heterocycles. The van der Waals surface area contributed by atoms with E-state index in [1.165, 1.54) is 6.20 Å². The zero-order valence-corrected chi connectivity index (χ0v) is 8.32. The Morgan fingerprint density at radius 1 is 1.57 bits per heavy atom. The van der Waals surface area contributed by atoms with E-state index in [1.807, 2.05) is 0 Å². The second-order valence-electron chi connectivity index (χ2n) is 2.45. The predicted molar refractivity (Wildman–Crippen MR) is 49.1 cm³/mol. The molecule has 1 rings (SSSR count). The summed E-state index contributed by atoms with van der Waals surface area (Å²) in [7, 11) is 0. The Balaban J connectivity index is 3.42. The van der Waals surface area contributed by atoms with Crippen LogP contribution in [0.2, 0.25) is 5.15 Å². The topological polar surface area (TPSA) is 30.0 Å². The van der Waals surface area contributed by atoms with Gasteiger partial charge in [-0.15, -0.1) is 11.6 Å². The fraction of sp³-hybridized carbons (Fsp3) is 0.250. The van der Waals surface area contributed by atoms with Crippen LogP contribution in [0.1, 0.15) is 27.9 Å². The van der Waals surface area contributed by atoms with Gasteiger partial charge in [-0.1, -0.05) is 11.6 Å². The molecule has 0 bridgehead atoms. The van der Waals surface area contributed by atoms with Gasteiger partial charge >= 0.3 is 0 Å². The molecule has 2 nitrogen and oxygen atoms in total. The summed E-state index contributed by atoms with van der Waals surface area (Å²) in [6.45, 7) is 0. The van der Waals surface area contributed by atoms with E-state index in [-0.39, 0.29) is 22.2 Å². The fourth-order valence-electron chi connectivity index (χ4n) is 1.01. The molecule has 1 aromatic rings. The molecule has 0 spiro atoms. The van der Waals surface area contributed by atoms with Gasteiger partial charge in [0.15, 0.2) is 6.29 Å². The van der Waals surface area contributed by atoms with E-state index in [1.54, 1.807) is 0 Å². The molecule has 76 valence electrons. The molecular formula is C8H5Cl2F2NO. The van der Waals surface area contributed by atoms with Gasteiger partial charge < -0.3 is 0 Å². The van der Waals surface area contributed by atoms with Crippen LogP contribution in [0.4, 0.5) is 8.78 Å². The highest BCUT2D eigenvalue weighted by Gasteiger charge is 2.20. The Hall–Kier alpha value is -0.740. The van der Waals surface area contributed by atoms with Gasteiger partial charge in [-0.05, 0) is 5.56 Å². The van der Waals surface area contributed by atoms with E-state index < -0.39 is 12.0 Å². The molecule has 0 amide bonds. The summed E-state index contributed by atoms with van der Waals surface area (Å²) in [5.41, 5.74) is -0.476. The summed E-state index contributed by atoms with van der Waals surface area (Å²) in [6, 6.07) is 0. The maximum Gasteiger partial charge on any atom is 0.267 e. The zero-order chi connectivity index (χ0) is 10.7. The van der Waals surface area contributed by atoms with E-state index in [0.29, 0.717) is 6.29 Å². The van der Waals surface area contributed by atoms with Crippen LogP contribution in [0.3, 0.4) is 0 Å². The highest BCUT2D eigenvalue weighted by Crippen LogP contribution is 2.30. The average molecular weight is 240 g/mol. The number of nitrogens with zero attached hydrogens (tertiary/aromatic N) is 1. The smallest absolute Gasteiger partial charge is 0.267 e. The number of pyridine rings is 1. The lowest BCUT2D eigenvalue weighted by Gasteiger charge is -2.08. The first-order valence-electron chi connectivity index (χ1n) is 3.58. The number of carbonyl (C=O) groups is 1. The van der Waals surface area contributed by atoms with Crippen molar-refractivity contribution in [2.24, 2.45) is 0 Å². The highest BCUT2D eigenvalue weighted by atomic mass is 35.5. The minimum absolute atomic E-state index is 0.0576. The van der Waals surface area contributed by atoms with Crippen molar-refractivity contribution >= 4 is 29.5 Å². The minimum Gasteiger partial charge on any atom is -0.298 e. The Kier molecular flexibility index (Phi) is 3.77. The molecule has 14 heavy (non-hydrogen) atoms. The maximum absolute atomic E-state index is 12.5. The van der Waals surface area contributed by atoms with Gasteiger partial charge in [0.05, 0.1) is 5.56 Å². The fourth-order valence-corrected chi connectivity index (χ4v) is 1.46. The van der Waals surface area contributed by atoms with Gasteiger partial charge in [0.1, 0.15) is 5.15 Å². The zero-order valence-electron chi connectivity index (χ0n) is 6.81. The summed E-state index contributed by atoms with van der Waals surface area (Å²) in [4.78, 5) is 14.1. The van der Waals surface area contributed by atoms with Crippen LogP contribution in [-0.4, -0.2) is 11.3 Å². The molecule has 0 atom stereocenters. The Labute approximate surface area is 88.8 Å². The van der Waals surface area contributed by atoms with E-state index in [9.17, 15) is 13.6 Å². The third kappa shape index (κ3) is 2.01. The van der Waals surface area contributed by atoms with Gasteiger partial charge in [0, 0.05) is 17.6 Å². The van der Waals surface area contributed by atoms with Crippen molar-refractivity contribution in [2.45, 2.75) is 12.3 Å². The first kappa shape index (κ1) is 11.3. The molecule has 6 heteroatoms. The van der Waals surface area contributed by atoms with Crippen molar-refractivity contribution in [3.63, 3.8) is 0 Å². The number of aldehydes is 1. The Morgan fingerprint density at radius 3 is 2.64 bits per heavy atom. The largest absolute Gasteiger partial charge is 0.298 e. The summed E-state index contributed by atoms with van der Waals surface area (Å²) in [6.07, 6.45) is -1.31. The van der Waals surface area contributed by atoms with E-state index >= 15 is 0 Å². The summed E-state index contributed by atoms with van der Waals surface area (Å²) < 4.78 is 24.9. The molecule has 0 saturated heterocycles. The molecule has 0 N–H and O–H groups in total. The summed E-state index contributed by atoms with van der Waals surface area (Å²) in [5, 5.41) is -0.365. The molecular weight excluding hydrogens is 235 g/mol. The first-order chi connectivity index (χ1) is 6.61. The second kappa shape index (κ2) is 4.66. The number of hydrogen-bond acceptors (Lipinski definition) is 2. The number of aromatic nitrogens is 1. The number of carbonyl (C=O) groups excluding carboxylic acids is 1. The third-order valence-electron chi connectivity index (χ3n) is 1.67. The summed E-state index contributed by atoms with van der Waals surface area (Å²) >= 11 is 10.9. The monoisotopic (exact) mass is 239 g/mol. The summed E-state index contributed by atoms with van der Waals surface area (Å²) in [5.74, 6) is -0.0576. The van der Waals surface area contributed by atoms with Crippen LogP contribution in [0.25, 0.3) is 0 Å². The van der Waals surface area contributed by atoms with Crippen LogP contribution in [-0.2, 0) is 5.88 Å². The van der Waals surface area contributed by atoms with Gasteiger partial charge in [-0.3, -0.25) is 4.79 Å². The van der Waals surface area contributed by atoms with Crippen LogP contribution in [0.15, 0.2) is 6.20 Å². The standard InChI is InChI=1S/C8H5Cl2F2NO/c9-1-4-2-13-7(10)6(8(11)12)5(4)3-14/h2-3,8H,1H2. The molecule has 0 aromatic carbocycles. The molecule has 0 unspecified atom stereocenters. The molecule has 0 aliphatic carbocycles. The second-order valence-corrected chi connectivity index (χ2v) is 3.08. The molecule has 0 saturated carbocycles. The third-order valence-corrected chi connectivity index (χ3v) is 2.26. The van der Waals surface area contributed by atoms with Gasteiger partial charge in [0.2, 0.25) is 0 Å². The average Bonchev–Trinajstić information content (AvgIpc) is 2.16. The van der Waals surface area contributed by atoms with Gasteiger partial charge in [-0.25, -0.2) is 13.8 Å². The maximum atomic E-state index is 12.5. The minimum atomic E-state index is -2.83. The van der Waals surface area contributed by atoms with Crippen LogP contribution in [0, 0.1) is 0 Å². The Morgan fingerprint density at radius 2 is 2.21 bits per heavy atom. The van der Waals surface area contributed by atoms with Crippen LogP contribution in [0.5, 0.6) is 0 Å². The molecule has 1 heterocycles. The quantitative estimate of drug-likeness (QED) is 0.461. The lowest BCUT2D eigenvalue weighted by molar-refractivity contribution is 0.110. The van der Waals surface area contributed by atoms with Crippen molar-refractivity contribution in [2.75, 3.05) is 0 Å². The SMILES string of the molecule is O=Cc1c(CCl)cnc(Cl)c1C(F)F. The van der Waals surface area contributed by atoms with Gasteiger partial charge in [-0.2, -0.15) is 0 Å². The van der Waals surface area contributed by atoms with Crippen molar-refractivity contribution in [1.82, 2.24) is 4.98 Å². The van der Waals surface area contributed by atoms with Crippen LogP contribution < -0.4 is 0 Å². The first-order valence-corrected chi connectivity index (χ1v) is 4.49. The van der Waals surface area contributed by atoms with E-state index in [4.69, 9.17) is 23.2 Å². The van der Waals surface area contributed by atoms with Crippen molar-refractivity contribution in [1.29, 1.82) is 0 Å². The lowest BCUT2D eigenvalue weighted by Crippen LogP contribution is -2.01. The highest BCUT2D eigenvalue weighted by molar-refractivity contribution is 6.30. The van der Waals surface area contributed by atoms with E-state index in [2.05, 4.69) is 4.98 Å². The van der Waals surface area contributed by atoms with Crippen molar-refractivity contribution in [3.8, 4) is 0 Å².